The van der Waals surface area contributed by atoms with E-state index in [0.29, 0.717) is 6.61 Å². The number of aliphatic hydroxyl groups is 1. The zero-order valence-corrected chi connectivity index (χ0v) is 8.87. The van der Waals surface area contributed by atoms with Crippen molar-refractivity contribution in [3.63, 3.8) is 0 Å². The lowest BCUT2D eigenvalue weighted by molar-refractivity contribution is 0.0435. The van der Waals surface area contributed by atoms with E-state index >= 15 is 0 Å². The predicted molar refractivity (Wildman–Crippen MR) is 56.3 cm³/mol. The Bertz CT molecular complexity index is 272. The molecule has 0 fully saturated rings. The predicted octanol–water partition coefficient (Wildman–Crippen LogP) is 2.04. The third-order valence-corrected chi connectivity index (χ3v) is 4.09. The first-order valence-corrected chi connectivity index (χ1v) is 6.31. The van der Waals surface area contributed by atoms with Crippen molar-refractivity contribution in [3.05, 3.63) is 21.9 Å². The number of hydrogen-bond acceptors (Lipinski definition) is 4. The van der Waals surface area contributed by atoms with Crippen molar-refractivity contribution in [2.75, 3.05) is 19.0 Å². The highest BCUT2D eigenvalue weighted by atomic mass is 32.2. The van der Waals surface area contributed by atoms with Crippen molar-refractivity contribution >= 4 is 23.1 Å². The molecule has 72 valence electrons. The Morgan fingerprint density at radius 3 is 3.38 bits per heavy atom. The molecule has 1 aromatic heterocycles. The standard InChI is InChI=1S/C9H12O2S2/c10-8-5-11-2-4-12-6-9-7(8)1-3-13-9/h1,3,8,10H,2,4-6H2. The van der Waals surface area contributed by atoms with Crippen LogP contribution in [0.25, 0.3) is 0 Å². The number of thiophene rings is 1. The minimum atomic E-state index is -0.431. The highest BCUT2D eigenvalue weighted by Gasteiger charge is 2.15. The summed E-state index contributed by atoms with van der Waals surface area (Å²) in [7, 11) is 0. The second-order valence-electron chi connectivity index (χ2n) is 2.94. The molecule has 0 saturated heterocycles. The van der Waals surface area contributed by atoms with Crippen LogP contribution in [0.3, 0.4) is 0 Å². The van der Waals surface area contributed by atoms with E-state index < -0.39 is 6.10 Å². The molecule has 0 amide bonds. The van der Waals surface area contributed by atoms with Crippen LogP contribution in [0.5, 0.6) is 0 Å². The van der Waals surface area contributed by atoms with Crippen LogP contribution in [0, 0.1) is 0 Å². The quantitative estimate of drug-likeness (QED) is 0.719. The van der Waals surface area contributed by atoms with Gasteiger partial charge in [0.2, 0.25) is 0 Å². The maximum Gasteiger partial charge on any atom is 0.103 e. The fraction of sp³-hybridized carbons (Fsp3) is 0.556. The van der Waals surface area contributed by atoms with Crippen LogP contribution in [0.15, 0.2) is 11.4 Å². The summed E-state index contributed by atoms with van der Waals surface area (Å²) in [5.74, 6) is 2.03. The first-order chi connectivity index (χ1) is 6.38. The molecule has 1 aromatic rings. The fourth-order valence-electron chi connectivity index (χ4n) is 1.33. The van der Waals surface area contributed by atoms with Gasteiger partial charge in [-0.15, -0.1) is 11.3 Å². The van der Waals surface area contributed by atoms with E-state index in [-0.39, 0.29) is 0 Å². The average molecular weight is 216 g/mol. The van der Waals surface area contributed by atoms with Crippen molar-refractivity contribution in [2.45, 2.75) is 11.9 Å². The van der Waals surface area contributed by atoms with Gasteiger partial charge in [-0.25, -0.2) is 0 Å². The number of hydrogen-bond donors (Lipinski definition) is 1. The molecule has 13 heavy (non-hydrogen) atoms. The van der Waals surface area contributed by atoms with Crippen molar-refractivity contribution < 1.29 is 9.84 Å². The molecule has 0 saturated carbocycles. The molecule has 1 aliphatic heterocycles. The van der Waals surface area contributed by atoms with Crippen LogP contribution in [-0.4, -0.2) is 24.1 Å². The maximum atomic E-state index is 9.75. The summed E-state index contributed by atoms with van der Waals surface area (Å²) in [4.78, 5) is 1.29. The van der Waals surface area contributed by atoms with Gasteiger partial charge < -0.3 is 9.84 Å². The fourth-order valence-corrected chi connectivity index (χ4v) is 3.31. The Hall–Kier alpha value is -0.0300. The average Bonchev–Trinajstić information content (AvgIpc) is 2.58. The van der Waals surface area contributed by atoms with Crippen molar-refractivity contribution in [2.24, 2.45) is 0 Å². The van der Waals surface area contributed by atoms with Crippen molar-refractivity contribution in [3.8, 4) is 0 Å². The van der Waals surface area contributed by atoms with Gasteiger partial charge in [-0.05, 0) is 17.0 Å². The zero-order valence-electron chi connectivity index (χ0n) is 7.23. The summed E-state index contributed by atoms with van der Waals surface area (Å²) in [5.41, 5.74) is 1.06. The molecule has 0 spiro atoms. The summed E-state index contributed by atoms with van der Waals surface area (Å²) in [6, 6.07) is 2.00. The lowest BCUT2D eigenvalue weighted by Gasteiger charge is -2.09. The Morgan fingerprint density at radius 2 is 2.46 bits per heavy atom. The molecule has 0 bridgehead atoms. The Morgan fingerprint density at radius 1 is 1.54 bits per heavy atom. The lowest BCUT2D eigenvalue weighted by Crippen LogP contribution is -2.07. The van der Waals surface area contributed by atoms with E-state index in [1.54, 1.807) is 11.3 Å². The van der Waals surface area contributed by atoms with E-state index in [1.807, 2.05) is 23.2 Å². The topological polar surface area (TPSA) is 29.5 Å². The minimum absolute atomic E-state index is 0.431. The molecule has 1 atom stereocenters. The molecular formula is C9H12O2S2. The normalized spacial score (nSPS) is 24.2. The van der Waals surface area contributed by atoms with Crippen molar-refractivity contribution in [1.29, 1.82) is 0 Å². The van der Waals surface area contributed by atoms with Gasteiger partial charge in [-0.1, -0.05) is 0 Å². The number of thioether (sulfide) groups is 1. The van der Waals surface area contributed by atoms with Crippen molar-refractivity contribution in [1.82, 2.24) is 0 Å². The van der Waals surface area contributed by atoms with Crippen LogP contribution in [-0.2, 0) is 10.5 Å². The second kappa shape index (κ2) is 4.46. The van der Waals surface area contributed by atoms with Crippen LogP contribution < -0.4 is 0 Å². The molecule has 2 nitrogen and oxygen atoms in total. The summed E-state index contributed by atoms with van der Waals surface area (Å²) >= 11 is 3.59. The highest BCUT2D eigenvalue weighted by Crippen LogP contribution is 2.28. The van der Waals surface area contributed by atoms with E-state index in [2.05, 4.69) is 0 Å². The first-order valence-electron chi connectivity index (χ1n) is 4.28. The largest absolute Gasteiger partial charge is 0.386 e. The van der Waals surface area contributed by atoms with Crippen LogP contribution in [0.4, 0.5) is 0 Å². The zero-order chi connectivity index (χ0) is 9.10. The number of ether oxygens (including phenoxy) is 1. The number of rotatable bonds is 0. The summed E-state index contributed by atoms with van der Waals surface area (Å²) in [6.07, 6.45) is -0.431. The summed E-state index contributed by atoms with van der Waals surface area (Å²) in [6.45, 7) is 1.18. The number of fused-ring (bicyclic) bond motifs is 1. The van der Waals surface area contributed by atoms with Gasteiger partial charge in [0.1, 0.15) is 6.10 Å². The lowest BCUT2D eigenvalue weighted by atomic mass is 10.1. The molecule has 0 aliphatic carbocycles. The van der Waals surface area contributed by atoms with E-state index in [0.717, 1.165) is 23.7 Å². The summed E-state index contributed by atoms with van der Waals surface area (Å²) < 4.78 is 5.33. The molecule has 1 aliphatic rings. The van der Waals surface area contributed by atoms with E-state index in [1.165, 1.54) is 4.88 Å². The van der Waals surface area contributed by atoms with E-state index in [9.17, 15) is 5.11 Å². The highest BCUT2D eigenvalue weighted by molar-refractivity contribution is 7.98. The summed E-state index contributed by atoms with van der Waals surface area (Å²) in [5, 5.41) is 11.8. The van der Waals surface area contributed by atoms with Gasteiger partial charge in [-0.2, -0.15) is 11.8 Å². The second-order valence-corrected chi connectivity index (χ2v) is 5.05. The molecule has 0 aromatic carbocycles. The molecule has 1 unspecified atom stereocenters. The third kappa shape index (κ3) is 2.26. The molecule has 0 radical (unpaired) electrons. The number of aliphatic hydroxyl groups excluding tert-OH is 1. The van der Waals surface area contributed by atoms with Gasteiger partial charge in [-0.3, -0.25) is 0 Å². The molecule has 2 heterocycles. The maximum absolute atomic E-state index is 9.75. The van der Waals surface area contributed by atoms with Gasteiger partial charge in [0.15, 0.2) is 0 Å². The van der Waals surface area contributed by atoms with Crippen LogP contribution in [0.2, 0.25) is 0 Å². The Labute approximate surface area is 85.9 Å². The molecule has 2 rings (SSSR count). The molecule has 1 N–H and O–H groups in total. The molecular weight excluding hydrogens is 204 g/mol. The SMILES string of the molecule is OC1COCCSCc2sccc21. The first kappa shape index (κ1) is 9.52. The Balaban J connectivity index is 2.19. The smallest absolute Gasteiger partial charge is 0.103 e. The van der Waals surface area contributed by atoms with Gasteiger partial charge in [0.05, 0.1) is 13.2 Å². The Kier molecular flexibility index (Phi) is 3.27. The third-order valence-electron chi connectivity index (χ3n) is 2.02. The van der Waals surface area contributed by atoms with Crippen LogP contribution >= 0.6 is 23.1 Å². The van der Waals surface area contributed by atoms with Gasteiger partial charge in [0, 0.05) is 16.4 Å². The monoisotopic (exact) mass is 216 g/mol. The van der Waals surface area contributed by atoms with Crippen LogP contribution in [0.1, 0.15) is 16.5 Å². The van der Waals surface area contributed by atoms with Gasteiger partial charge in [0.25, 0.3) is 0 Å². The molecule has 4 heteroatoms. The van der Waals surface area contributed by atoms with Gasteiger partial charge >= 0.3 is 0 Å². The minimum Gasteiger partial charge on any atom is -0.386 e. The van der Waals surface area contributed by atoms with E-state index in [4.69, 9.17) is 4.74 Å².